The van der Waals surface area contributed by atoms with Crippen LogP contribution in [0.1, 0.15) is 32.6 Å². The van der Waals surface area contributed by atoms with Gasteiger partial charge in [-0.25, -0.2) is 0 Å². The Labute approximate surface area is 79.4 Å². The minimum atomic E-state index is 0.165. The molecule has 0 aliphatic carbocycles. The predicted octanol–water partition coefficient (Wildman–Crippen LogP) is 0.997. The summed E-state index contributed by atoms with van der Waals surface area (Å²) in [5, 5.41) is 11.7. The van der Waals surface area contributed by atoms with Crippen molar-refractivity contribution in [2.24, 2.45) is 10.9 Å². The number of nitrogens with two attached hydrogens (primary N) is 1. The Morgan fingerprint density at radius 2 is 2.38 bits per heavy atom. The average Bonchev–Trinajstić information content (AvgIpc) is 2.18. The number of piperidine rings is 1. The van der Waals surface area contributed by atoms with Crippen molar-refractivity contribution in [3.05, 3.63) is 0 Å². The Kier molecular flexibility index (Phi) is 4.02. The summed E-state index contributed by atoms with van der Waals surface area (Å²) in [7, 11) is 0. The van der Waals surface area contributed by atoms with Crippen molar-refractivity contribution in [3.8, 4) is 0 Å². The predicted molar refractivity (Wildman–Crippen MR) is 52.9 cm³/mol. The first-order valence-corrected chi connectivity index (χ1v) is 5.01. The molecule has 4 nitrogen and oxygen atoms in total. The van der Waals surface area contributed by atoms with E-state index in [-0.39, 0.29) is 6.04 Å². The maximum Gasteiger partial charge on any atom is 0.156 e. The van der Waals surface area contributed by atoms with Gasteiger partial charge in [0.2, 0.25) is 0 Å². The second kappa shape index (κ2) is 5.07. The fourth-order valence-corrected chi connectivity index (χ4v) is 1.95. The third-order valence-electron chi connectivity index (χ3n) is 2.58. The van der Waals surface area contributed by atoms with Crippen molar-refractivity contribution in [2.75, 3.05) is 13.1 Å². The Morgan fingerprint density at radius 3 is 3.00 bits per heavy atom. The van der Waals surface area contributed by atoms with E-state index in [9.17, 15) is 0 Å². The van der Waals surface area contributed by atoms with Crippen molar-refractivity contribution in [1.82, 2.24) is 4.90 Å². The van der Waals surface area contributed by atoms with Gasteiger partial charge < -0.3 is 10.9 Å². The first kappa shape index (κ1) is 10.3. The molecule has 1 heterocycles. The minimum Gasteiger partial charge on any atom is -0.409 e. The van der Waals surface area contributed by atoms with Gasteiger partial charge in [0.1, 0.15) is 0 Å². The Bertz CT molecular complexity index is 180. The van der Waals surface area contributed by atoms with E-state index in [0.717, 1.165) is 25.9 Å². The van der Waals surface area contributed by atoms with Gasteiger partial charge in [0, 0.05) is 0 Å². The lowest BCUT2D eigenvalue weighted by atomic mass is 10.0. The molecule has 0 aromatic carbocycles. The van der Waals surface area contributed by atoms with Crippen LogP contribution in [0.3, 0.4) is 0 Å². The van der Waals surface area contributed by atoms with Crippen LogP contribution >= 0.6 is 0 Å². The third kappa shape index (κ3) is 2.59. The van der Waals surface area contributed by atoms with Gasteiger partial charge in [0.05, 0.1) is 6.04 Å². The fraction of sp³-hybridized carbons (Fsp3) is 0.889. The summed E-state index contributed by atoms with van der Waals surface area (Å²) in [5.74, 6) is 0.369. The molecule has 13 heavy (non-hydrogen) atoms. The molecular weight excluding hydrogens is 166 g/mol. The quantitative estimate of drug-likeness (QED) is 0.298. The molecule has 1 fully saturated rings. The maximum absolute atomic E-state index is 8.61. The zero-order valence-electron chi connectivity index (χ0n) is 8.24. The molecule has 4 heteroatoms. The number of likely N-dealkylation sites (tertiary alicyclic amines) is 1. The van der Waals surface area contributed by atoms with Crippen LogP contribution in [-0.2, 0) is 0 Å². The lowest BCUT2D eigenvalue weighted by Gasteiger charge is -2.34. The van der Waals surface area contributed by atoms with Crippen LogP contribution in [-0.4, -0.2) is 35.1 Å². The number of rotatable bonds is 3. The van der Waals surface area contributed by atoms with E-state index in [1.165, 1.54) is 12.8 Å². The third-order valence-corrected chi connectivity index (χ3v) is 2.58. The topological polar surface area (TPSA) is 61.8 Å². The van der Waals surface area contributed by atoms with Gasteiger partial charge in [0.15, 0.2) is 5.84 Å². The fourth-order valence-electron chi connectivity index (χ4n) is 1.95. The molecule has 0 saturated carbocycles. The molecule has 1 aliphatic rings. The van der Waals surface area contributed by atoms with Gasteiger partial charge in [-0.15, -0.1) is 0 Å². The van der Waals surface area contributed by atoms with Crippen LogP contribution in [0.25, 0.3) is 0 Å². The number of oxime groups is 1. The normalized spacial score (nSPS) is 26.2. The van der Waals surface area contributed by atoms with E-state index in [2.05, 4.69) is 17.0 Å². The van der Waals surface area contributed by atoms with E-state index in [1.54, 1.807) is 0 Å². The summed E-state index contributed by atoms with van der Waals surface area (Å²) < 4.78 is 0. The number of amidine groups is 1. The maximum atomic E-state index is 8.61. The van der Waals surface area contributed by atoms with Gasteiger partial charge in [-0.1, -0.05) is 18.5 Å². The number of hydrogen-bond acceptors (Lipinski definition) is 3. The van der Waals surface area contributed by atoms with Crippen LogP contribution in [0.5, 0.6) is 0 Å². The standard InChI is InChI=1S/C9H19N3O/c1-2-6-12-7-4-3-5-8(12)9(10)11-13/h8,13H,2-7H2,1H3,(H2,10,11). The zero-order valence-corrected chi connectivity index (χ0v) is 8.24. The van der Waals surface area contributed by atoms with Crippen LogP contribution in [0.15, 0.2) is 5.16 Å². The van der Waals surface area contributed by atoms with Crippen LogP contribution in [0.4, 0.5) is 0 Å². The summed E-state index contributed by atoms with van der Waals surface area (Å²) in [6.07, 6.45) is 4.56. The summed E-state index contributed by atoms with van der Waals surface area (Å²) in [6.45, 7) is 4.27. The van der Waals surface area contributed by atoms with Gasteiger partial charge in [-0.3, -0.25) is 4.90 Å². The second-order valence-corrected chi connectivity index (χ2v) is 3.57. The number of hydrogen-bond donors (Lipinski definition) is 2. The highest BCUT2D eigenvalue weighted by Gasteiger charge is 2.24. The monoisotopic (exact) mass is 185 g/mol. The summed E-state index contributed by atoms with van der Waals surface area (Å²) in [6, 6.07) is 0.165. The van der Waals surface area contributed by atoms with Crippen molar-refractivity contribution >= 4 is 5.84 Å². The summed E-state index contributed by atoms with van der Waals surface area (Å²) in [4.78, 5) is 2.30. The Morgan fingerprint density at radius 1 is 1.62 bits per heavy atom. The van der Waals surface area contributed by atoms with Gasteiger partial charge in [0.25, 0.3) is 0 Å². The molecule has 0 amide bonds. The van der Waals surface area contributed by atoms with Crippen LogP contribution in [0, 0.1) is 0 Å². The van der Waals surface area contributed by atoms with Crippen LogP contribution < -0.4 is 5.73 Å². The molecule has 0 bridgehead atoms. The van der Waals surface area contributed by atoms with Crippen molar-refractivity contribution < 1.29 is 5.21 Å². The van der Waals surface area contributed by atoms with E-state index in [1.807, 2.05) is 0 Å². The highest BCUT2D eigenvalue weighted by Crippen LogP contribution is 2.17. The van der Waals surface area contributed by atoms with E-state index in [0.29, 0.717) is 5.84 Å². The smallest absolute Gasteiger partial charge is 0.156 e. The second-order valence-electron chi connectivity index (χ2n) is 3.57. The molecular formula is C9H19N3O. The van der Waals surface area contributed by atoms with E-state index < -0.39 is 0 Å². The van der Waals surface area contributed by atoms with E-state index in [4.69, 9.17) is 10.9 Å². The zero-order chi connectivity index (χ0) is 9.68. The van der Waals surface area contributed by atoms with Gasteiger partial charge in [-0.05, 0) is 32.4 Å². The molecule has 1 saturated heterocycles. The molecule has 1 unspecified atom stereocenters. The molecule has 0 spiro atoms. The first-order valence-electron chi connectivity index (χ1n) is 5.01. The largest absolute Gasteiger partial charge is 0.409 e. The van der Waals surface area contributed by atoms with Gasteiger partial charge in [-0.2, -0.15) is 0 Å². The minimum absolute atomic E-state index is 0.165. The Balaban J connectivity index is 2.56. The first-order chi connectivity index (χ1) is 6.29. The molecule has 1 atom stereocenters. The van der Waals surface area contributed by atoms with Crippen LogP contribution in [0.2, 0.25) is 0 Å². The highest BCUT2D eigenvalue weighted by atomic mass is 16.4. The van der Waals surface area contributed by atoms with Crippen molar-refractivity contribution in [1.29, 1.82) is 0 Å². The molecule has 0 aromatic rings. The lowest BCUT2D eigenvalue weighted by Crippen LogP contribution is -2.47. The Hall–Kier alpha value is -0.770. The lowest BCUT2D eigenvalue weighted by molar-refractivity contribution is 0.186. The molecule has 0 radical (unpaired) electrons. The van der Waals surface area contributed by atoms with Crippen molar-refractivity contribution in [2.45, 2.75) is 38.6 Å². The SMILES string of the molecule is CCCN1CCCCC1C(N)=NO. The molecule has 1 rings (SSSR count). The highest BCUT2D eigenvalue weighted by molar-refractivity contribution is 5.85. The molecule has 3 N–H and O–H groups in total. The molecule has 0 aromatic heterocycles. The summed E-state index contributed by atoms with van der Waals surface area (Å²) in [5.41, 5.74) is 5.63. The van der Waals surface area contributed by atoms with Crippen molar-refractivity contribution in [3.63, 3.8) is 0 Å². The summed E-state index contributed by atoms with van der Waals surface area (Å²) >= 11 is 0. The molecule has 1 aliphatic heterocycles. The number of nitrogens with zero attached hydrogens (tertiary/aromatic N) is 2. The molecule has 76 valence electrons. The van der Waals surface area contributed by atoms with E-state index >= 15 is 0 Å². The van der Waals surface area contributed by atoms with Gasteiger partial charge >= 0.3 is 0 Å². The average molecular weight is 185 g/mol.